The van der Waals surface area contributed by atoms with Crippen molar-refractivity contribution in [2.75, 3.05) is 0 Å². The van der Waals surface area contributed by atoms with Crippen LogP contribution in [0.15, 0.2) is 18.2 Å². The molecular formula is C14H17Cl3. The Kier molecular flexibility index (Phi) is 3.22. The fourth-order valence-electron chi connectivity index (χ4n) is 2.88. The van der Waals surface area contributed by atoms with E-state index in [0.717, 1.165) is 5.56 Å². The molecule has 94 valence electrons. The van der Waals surface area contributed by atoms with E-state index < -0.39 is 0 Å². The van der Waals surface area contributed by atoms with Gasteiger partial charge in [0, 0.05) is 10.0 Å². The highest BCUT2D eigenvalue weighted by Crippen LogP contribution is 2.73. The van der Waals surface area contributed by atoms with E-state index in [0.29, 0.717) is 16.0 Å². The van der Waals surface area contributed by atoms with Gasteiger partial charge < -0.3 is 0 Å². The molecule has 0 N–H and O–H groups in total. The molecule has 17 heavy (non-hydrogen) atoms. The maximum atomic E-state index is 6.61. The normalized spacial score (nSPS) is 23.5. The SMILES string of the molecule is CC1(C)C(C(Cl)c2cc(Cl)ccc2Cl)C1(C)C. The van der Waals surface area contributed by atoms with Crippen LogP contribution in [-0.4, -0.2) is 0 Å². The third-order valence-corrected chi connectivity index (χ3v) is 5.75. The van der Waals surface area contributed by atoms with Crippen LogP contribution < -0.4 is 0 Å². The summed E-state index contributed by atoms with van der Waals surface area (Å²) in [7, 11) is 0. The molecule has 1 aromatic carbocycles. The highest BCUT2D eigenvalue weighted by molar-refractivity contribution is 6.34. The maximum Gasteiger partial charge on any atom is 0.0639 e. The summed E-state index contributed by atoms with van der Waals surface area (Å²) in [5, 5.41) is 1.31. The molecule has 1 unspecified atom stereocenters. The number of hydrogen-bond acceptors (Lipinski definition) is 0. The molecule has 1 aliphatic carbocycles. The van der Waals surface area contributed by atoms with Crippen molar-refractivity contribution in [3.8, 4) is 0 Å². The lowest BCUT2D eigenvalue weighted by molar-refractivity contribution is 0.457. The molecule has 0 amide bonds. The topological polar surface area (TPSA) is 0 Å². The molecule has 0 aliphatic heterocycles. The van der Waals surface area contributed by atoms with E-state index in [1.165, 1.54) is 0 Å². The van der Waals surface area contributed by atoms with Gasteiger partial charge in [0.15, 0.2) is 0 Å². The van der Waals surface area contributed by atoms with Gasteiger partial charge in [0.05, 0.1) is 5.38 Å². The Hall–Kier alpha value is 0.0900. The molecule has 0 radical (unpaired) electrons. The molecule has 0 saturated heterocycles. The zero-order valence-electron chi connectivity index (χ0n) is 10.5. The van der Waals surface area contributed by atoms with Gasteiger partial charge in [-0.15, -0.1) is 11.6 Å². The first-order valence-electron chi connectivity index (χ1n) is 5.78. The lowest BCUT2D eigenvalue weighted by atomic mass is 10.0. The molecule has 0 heterocycles. The van der Waals surface area contributed by atoms with Gasteiger partial charge in [-0.3, -0.25) is 0 Å². The summed E-state index contributed by atoms with van der Waals surface area (Å²) < 4.78 is 0. The van der Waals surface area contributed by atoms with Gasteiger partial charge in [-0.1, -0.05) is 50.9 Å². The second-order valence-corrected chi connectivity index (χ2v) is 7.30. The maximum absolute atomic E-state index is 6.61. The van der Waals surface area contributed by atoms with Crippen molar-refractivity contribution in [2.24, 2.45) is 16.7 Å². The second kappa shape index (κ2) is 4.05. The molecular weight excluding hydrogens is 275 g/mol. The van der Waals surface area contributed by atoms with E-state index in [9.17, 15) is 0 Å². The van der Waals surface area contributed by atoms with Crippen LogP contribution in [0.4, 0.5) is 0 Å². The summed E-state index contributed by atoms with van der Waals surface area (Å²) in [5.41, 5.74) is 1.43. The molecule has 1 saturated carbocycles. The second-order valence-electron chi connectivity index (χ2n) is 5.99. The van der Waals surface area contributed by atoms with Crippen LogP contribution in [0.1, 0.15) is 38.6 Å². The zero-order chi connectivity index (χ0) is 13.0. The summed E-state index contributed by atoms with van der Waals surface area (Å²) in [4.78, 5) is 0. The summed E-state index contributed by atoms with van der Waals surface area (Å²) in [6, 6.07) is 5.49. The van der Waals surface area contributed by atoms with Crippen LogP contribution in [-0.2, 0) is 0 Å². The number of hydrogen-bond donors (Lipinski definition) is 0. The molecule has 1 fully saturated rings. The Morgan fingerprint density at radius 3 is 2.06 bits per heavy atom. The first-order chi connectivity index (χ1) is 7.69. The summed E-state index contributed by atoms with van der Waals surface area (Å²) in [5.74, 6) is 0.424. The van der Waals surface area contributed by atoms with Crippen molar-refractivity contribution in [3.63, 3.8) is 0 Å². The lowest BCUT2D eigenvalue weighted by Gasteiger charge is -2.14. The molecule has 0 spiro atoms. The standard InChI is InChI=1S/C14H17Cl3/c1-13(2)12(14(13,3)4)11(17)9-7-8(15)5-6-10(9)16/h5-7,11-12H,1-4H3. The molecule has 3 heteroatoms. The van der Waals surface area contributed by atoms with Crippen molar-refractivity contribution in [1.82, 2.24) is 0 Å². The first-order valence-corrected chi connectivity index (χ1v) is 6.98. The summed E-state index contributed by atoms with van der Waals surface area (Å²) in [6.45, 7) is 9.02. The number of alkyl halides is 1. The van der Waals surface area contributed by atoms with E-state index >= 15 is 0 Å². The van der Waals surface area contributed by atoms with E-state index in [-0.39, 0.29) is 16.2 Å². The van der Waals surface area contributed by atoms with Crippen molar-refractivity contribution in [1.29, 1.82) is 0 Å². The Balaban J connectivity index is 2.34. The van der Waals surface area contributed by atoms with Crippen molar-refractivity contribution in [2.45, 2.75) is 33.1 Å². The quantitative estimate of drug-likeness (QED) is 0.590. The van der Waals surface area contributed by atoms with Gasteiger partial charge in [0.1, 0.15) is 0 Å². The Morgan fingerprint density at radius 1 is 1.06 bits per heavy atom. The highest BCUT2D eigenvalue weighted by Gasteiger charge is 2.67. The van der Waals surface area contributed by atoms with E-state index in [4.69, 9.17) is 34.8 Å². The molecule has 1 aliphatic rings. The number of benzene rings is 1. The Labute approximate surface area is 118 Å². The van der Waals surface area contributed by atoms with Crippen LogP contribution in [0.3, 0.4) is 0 Å². The van der Waals surface area contributed by atoms with Crippen LogP contribution in [0, 0.1) is 16.7 Å². The minimum atomic E-state index is -0.0776. The average Bonchev–Trinajstić information content (AvgIpc) is 2.61. The largest absolute Gasteiger partial charge is 0.117 e. The van der Waals surface area contributed by atoms with Crippen LogP contribution >= 0.6 is 34.8 Å². The summed E-state index contributed by atoms with van der Waals surface area (Å²) >= 11 is 18.8. The van der Waals surface area contributed by atoms with Crippen LogP contribution in [0.5, 0.6) is 0 Å². The van der Waals surface area contributed by atoms with E-state index in [1.807, 2.05) is 12.1 Å². The lowest BCUT2D eigenvalue weighted by Crippen LogP contribution is -2.00. The van der Waals surface area contributed by atoms with E-state index in [1.54, 1.807) is 6.07 Å². The molecule has 0 bridgehead atoms. The van der Waals surface area contributed by atoms with Crippen LogP contribution in [0.25, 0.3) is 0 Å². The monoisotopic (exact) mass is 290 g/mol. The third-order valence-electron chi connectivity index (χ3n) is 4.68. The van der Waals surface area contributed by atoms with Crippen molar-refractivity contribution < 1.29 is 0 Å². The molecule has 2 rings (SSSR count). The van der Waals surface area contributed by atoms with Gasteiger partial charge in [-0.2, -0.15) is 0 Å². The van der Waals surface area contributed by atoms with Gasteiger partial charge in [0.25, 0.3) is 0 Å². The predicted octanol–water partition coefficient (Wildman–Crippen LogP) is 5.96. The average molecular weight is 292 g/mol. The third kappa shape index (κ3) is 1.99. The molecule has 1 atom stereocenters. The number of rotatable bonds is 2. The predicted molar refractivity (Wildman–Crippen MR) is 76.1 cm³/mol. The fraction of sp³-hybridized carbons (Fsp3) is 0.571. The van der Waals surface area contributed by atoms with Gasteiger partial charge in [-0.25, -0.2) is 0 Å². The van der Waals surface area contributed by atoms with Gasteiger partial charge >= 0.3 is 0 Å². The summed E-state index contributed by atoms with van der Waals surface area (Å²) in [6.07, 6.45) is 0. The Bertz CT molecular complexity index is 435. The minimum Gasteiger partial charge on any atom is -0.117 e. The van der Waals surface area contributed by atoms with Gasteiger partial charge in [-0.05, 0) is 40.5 Å². The van der Waals surface area contributed by atoms with Gasteiger partial charge in [0.2, 0.25) is 0 Å². The van der Waals surface area contributed by atoms with E-state index in [2.05, 4.69) is 27.7 Å². The van der Waals surface area contributed by atoms with Crippen molar-refractivity contribution >= 4 is 34.8 Å². The van der Waals surface area contributed by atoms with Crippen LogP contribution in [0.2, 0.25) is 10.0 Å². The minimum absolute atomic E-state index is 0.0776. The first kappa shape index (κ1) is 13.5. The zero-order valence-corrected chi connectivity index (χ0v) is 12.8. The number of halogens is 3. The van der Waals surface area contributed by atoms with Crippen molar-refractivity contribution in [3.05, 3.63) is 33.8 Å². The highest BCUT2D eigenvalue weighted by atomic mass is 35.5. The molecule has 0 aromatic heterocycles. The fourth-order valence-corrected chi connectivity index (χ4v) is 4.17. The molecule has 0 nitrogen and oxygen atoms in total. The smallest absolute Gasteiger partial charge is 0.0639 e. The Morgan fingerprint density at radius 2 is 1.59 bits per heavy atom. The molecule has 1 aromatic rings.